The van der Waals surface area contributed by atoms with Crippen molar-refractivity contribution in [2.45, 2.75) is 38.6 Å². The maximum absolute atomic E-state index is 13.0. The number of nitrogens with one attached hydrogen (secondary N) is 1. The molecule has 0 aliphatic heterocycles. The third-order valence-electron chi connectivity index (χ3n) is 5.59. The molecule has 0 spiro atoms. The number of hydrogen-bond acceptors (Lipinski definition) is 5. The molecule has 0 heterocycles. The first kappa shape index (κ1) is 26.3. The van der Waals surface area contributed by atoms with E-state index in [1.54, 1.807) is 12.1 Å². The summed E-state index contributed by atoms with van der Waals surface area (Å²) < 4.78 is 11.2. The molecule has 0 aliphatic rings. The van der Waals surface area contributed by atoms with Gasteiger partial charge >= 0.3 is 12.1 Å². The SMILES string of the molecule is C[C@@H](NC(=O)[C@H](Cc1ccc(OCc2ccccc2)cc1)N(C)C(=O)OCc1ccccc1)C(=O)O. The fraction of sp³-hybridized carbons (Fsp3) is 0.250. The lowest BCUT2D eigenvalue weighted by atomic mass is 10.0. The van der Waals surface area contributed by atoms with Crippen molar-refractivity contribution >= 4 is 18.0 Å². The van der Waals surface area contributed by atoms with Gasteiger partial charge in [-0.05, 0) is 35.7 Å². The highest BCUT2D eigenvalue weighted by Gasteiger charge is 2.30. The van der Waals surface area contributed by atoms with Crippen LogP contribution < -0.4 is 10.1 Å². The van der Waals surface area contributed by atoms with Gasteiger partial charge in [0.1, 0.15) is 31.0 Å². The fourth-order valence-electron chi connectivity index (χ4n) is 3.41. The zero-order chi connectivity index (χ0) is 25.9. The summed E-state index contributed by atoms with van der Waals surface area (Å²) in [5.74, 6) is -1.09. The van der Waals surface area contributed by atoms with E-state index in [2.05, 4.69) is 5.32 Å². The van der Waals surface area contributed by atoms with E-state index in [0.717, 1.165) is 16.7 Å². The molecule has 2 amide bonds. The molecular weight excluding hydrogens is 460 g/mol. The molecule has 188 valence electrons. The van der Waals surface area contributed by atoms with E-state index in [0.29, 0.717) is 12.4 Å². The monoisotopic (exact) mass is 490 g/mol. The minimum Gasteiger partial charge on any atom is -0.489 e. The van der Waals surface area contributed by atoms with Crippen LogP contribution in [-0.4, -0.2) is 47.1 Å². The van der Waals surface area contributed by atoms with E-state index >= 15 is 0 Å². The normalized spacial score (nSPS) is 12.2. The number of ether oxygens (including phenoxy) is 2. The van der Waals surface area contributed by atoms with Gasteiger partial charge in [-0.3, -0.25) is 14.5 Å². The summed E-state index contributed by atoms with van der Waals surface area (Å²) in [4.78, 5) is 38.1. The number of carbonyl (C=O) groups is 3. The zero-order valence-electron chi connectivity index (χ0n) is 20.3. The maximum atomic E-state index is 13.0. The van der Waals surface area contributed by atoms with Gasteiger partial charge in [0.15, 0.2) is 0 Å². The van der Waals surface area contributed by atoms with Crippen LogP contribution in [0.3, 0.4) is 0 Å². The number of carboxylic acids is 1. The third-order valence-corrected chi connectivity index (χ3v) is 5.59. The molecule has 0 fully saturated rings. The molecule has 3 aromatic carbocycles. The summed E-state index contributed by atoms with van der Waals surface area (Å²) in [6, 6.07) is 24.1. The van der Waals surface area contributed by atoms with Gasteiger partial charge in [-0.2, -0.15) is 0 Å². The molecule has 3 rings (SSSR count). The second-order valence-corrected chi connectivity index (χ2v) is 8.36. The molecule has 0 unspecified atom stereocenters. The summed E-state index contributed by atoms with van der Waals surface area (Å²) in [5, 5.41) is 11.6. The Morgan fingerprint density at radius 3 is 1.94 bits per heavy atom. The molecule has 0 aromatic heterocycles. The van der Waals surface area contributed by atoms with Crippen molar-refractivity contribution in [1.29, 1.82) is 0 Å². The average Bonchev–Trinajstić information content (AvgIpc) is 2.90. The lowest BCUT2D eigenvalue weighted by molar-refractivity contribution is -0.142. The number of carboxylic acid groups (broad SMARTS) is 1. The number of benzene rings is 3. The van der Waals surface area contributed by atoms with Crippen LogP contribution >= 0.6 is 0 Å². The summed E-state index contributed by atoms with van der Waals surface area (Å²) >= 11 is 0. The number of nitrogens with zero attached hydrogens (tertiary/aromatic N) is 1. The van der Waals surface area contributed by atoms with E-state index < -0.39 is 30.1 Å². The highest BCUT2D eigenvalue weighted by Crippen LogP contribution is 2.17. The Morgan fingerprint density at radius 1 is 0.833 bits per heavy atom. The van der Waals surface area contributed by atoms with Crippen molar-refractivity contribution in [2.75, 3.05) is 7.05 Å². The number of carbonyl (C=O) groups excluding carboxylic acids is 2. The molecule has 8 heteroatoms. The summed E-state index contributed by atoms with van der Waals surface area (Å²) in [5.41, 5.74) is 2.63. The predicted molar refractivity (Wildman–Crippen MR) is 134 cm³/mol. The zero-order valence-corrected chi connectivity index (χ0v) is 20.3. The molecule has 0 saturated heterocycles. The Bertz CT molecular complexity index is 1140. The van der Waals surface area contributed by atoms with Crippen LogP contribution in [0.1, 0.15) is 23.6 Å². The smallest absolute Gasteiger partial charge is 0.410 e. The number of likely N-dealkylation sites (N-methyl/N-ethyl adjacent to an activating group) is 1. The van der Waals surface area contributed by atoms with Gasteiger partial charge in [0.05, 0.1) is 0 Å². The van der Waals surface area contributed by atoms with Crippen molar-refractivity contribution in [3.8, 4) is 5.75 Å². The predicted octanol–water partition coefficient (Wildman–Crippen LogP) is 4.03. The molecule has 0 saturated carbocycles. The van der Waals surface area contributed by atoms with Crippen LogP contribution in [0.2, 0.25) is 0 Å². The number of amides is 2. The van der Waals surface area contributed by atoms with Crippen molar-refractivity contribution in [3.05, 3.63) is 102 Å². The highest BCUT2D eigenvalue weighted by atomic mass is 16.6. The average molecular weight is 491 g/mol. The summed E-state index contributed by atoms with van der Waals surface area (Å²) in [6.45, 7) is 1.84. The van der Waals surface area contributed by atoms with E-state index in [1.807, 2.05) is 72.8 Å². The minimum atomic E-state index is -1.17. The Hall–Kier alpha value is -4.33. The van der Waals surface area contributed by atoms with Crippen molar-refractivity contribution < 1.29 is 29.0 Å². The van der Waals surface area contributed by atoms with Crippen LogP contribution in [0.25, 0.3) is 0 Å². The van der Waals surface area contributed by atoms with Crippen LogP contribution in [-0.2, 0) is 34.0 Å². The van der Waals surface area contributed by atoms with Gasteiger partial charge in [-0.15, -0.1) is 0 Å². The lowest BCUT2D eigenvalue weighted by Gasteiger charge is -2.27. The van der Waals surface area contributed by atoms with Gasteiger partial charge in [0, 0.05) is 13.5 Å². The molecular formula is C28H30N2O6. The molecule has 2 N–H and O–H groups in total. The first-order chi connectivity index (χ1) is 17.3. The summed E-state index contributed by atoms with van der Waals surface area (Å²) in [6.07, 6.45) is -0.529. The van der Waals surface area contributed by atoms with E-state index in [4.69, 9.17) is 9.47 Å². The fourth-order valence-corrected chi connectivity index (χ4v) is 3.41. The number of rotatable bonds is 11. The lowest BCUT2D eigenvalue weighted by Crippen LogP contribution is -2.52. The van der Waals surface area contributed by atoms with Crippen molar-refractivity contribution in [3.63, 3.8) is 0 Å². The standard InChI is InChI=1S/C28H30N2O6/c1-20(27(32)33)29-26(31)25(30(2)28(34)36-19-23-11-7-4-8-12-23)17-21-13-15-24(16-14-21)35-18-22-9-5-3-6-10-22/h3-16,20,25H,17-19H2,1-2H3,(H,29,31)(H,32,33)/t20-,25+/m1/s1. The van der Waals surface area contributed by atoms with Crippen molar-refractivity contribution in [1.82, 2.24) is 10.2 Å². The number of aliphatic carboxylic acids is 1. The Kier molecular flexibility index (Phi) is 9.45. The largest absolute Gasteiger partial charge is 0.489 e. The van der Waals surface area contributed by atoms with Crippen molar-refractivity contribution in [2.24, 2.45) is 0 Å². The first-order valence-electron chi connectivity index (χ1n) is 11.6. The topological polar surface area (TPSA) is 105 Å². The van der Waals surface area contributed by atoms with Gasteiger partial charge in [-0.1, -0.05) is 72.8 Å². The number of hydrogen-bond donors (Lipinski definition) is 2. The second kappa shape index (κ2) is 12.9. The van der Waals surface area contributed by atoms with Crippen LogP contribution in [0.4, 0.5) is 4.79 Å². The summed E-state index contributed by atoms with van der Waals surface area (Å²) in [7, 11) is 1.46. The Balaban J connectivity index is 1.67. The molecule has 36 heavy (non-hydrogen) atoms. The Labute approximate surface area is 210 Å². The second-order valence-electron chi connectivity index (χ2n) is 8.36. The minimum absolute atomic E-state index is 0.0529. The quantitative estimate of drug-likeness (QED) is 0.420. The third kappa shape index (κ3) is 7.87. The van der Waals surface area contributed by atoms with Gasteiger partial charge in [-0.25, -0.2) is 4.79 Å². The van der Waals surface area contributed by atoms with Gasteiger partial charge < -0.3 is 19.9 Å². The molecule has 0 radical (unpaired) electrons. The van der Waals surface area contributed by atoms with Crippen LogP contribution in [0, 0.1) is 0 Å². The van der Waals surface area contributed by atoms with E-state index in [1.165, 1.54) is 18.9 Å². The van der Waals surface area contributed by atoms with E-state index in [9.17, 15) is 19.5 Å². The van der Waals surface area contributed by atoms with Crippen LogP contribution in [0.15, 0.2) is 84.9 Å². The highest BCUT2D eigenvalue weighted by molar-refractivity contribution is 5.89. The maximum Gasteiger partial charge on any atom is 0.410 e. The van der Waals surface area contributed by atoms with E-state index in [-0.39, 0.29) is 13.0 Å². The van der Waals surface area contributed by atoms with Gasteiger partial charge in [0.25, 0.3) is 0 Å². The molecule has 3 aromatic rings. The molecule has 0 aliphatic carbocycles. The van der Waals surface area contributed by atoms with Gasteiger partial charge in [0.2, 0.25) is 5.91 Å². The molecule has 2 atom stereocenters. The molecule has 8 nitrogen and oxygen atoms in total. The molecule has 0 bridgehead atoms. The van der Waals surface area contributed by atoms with Crippen LogP contribution in [0.5, 0.6) is 5.75 Å². The first-order valence-corrected chi connectivity index (χ1v) is 11.6. The Morgan fingerprint density at radius 2 is 1.39 bits per heavy atom.